The zero-order valence-electron chi connectivity index (χ0n) is 11.3. The van der Waals surface area contributed by atoms with Gasteiger partial charge in [-0.1, -0.05) is 29.8 Å². The van der Waals surface area contributed by atoms with Gasteiger partial charge in [0.1, 0.15) is 5.75 Å². The van der Waals surface area contributed by atoms with Gasteiger partial charge in [0.25, 0.3) is 0 Å². The molecule has 0 radical (unpaired) electrons. The van der Waals surface area contributed by atoms with Crippen LogP contribution in [-0.4, -0.2) is 18.6 Å². The van der Waals surface area contributed by atoms with Crippen molar-refractivity contribution in [3.05, 3.63) is 27.7 Å². The third-order valence-corrected chi connectivity index (χ3v) is 4.90. The molecule has 3 heteroatoms. The van der Waals surface area contributed by atoms with E-state index >= 15 is 0 Å². The fourth-order valence-corrected chi connectivity index (χ4v) is 2.79. The van der Waals surface area contributed by atoms with Crippen LogP contribution in [0.1, 0.15) is 25.0 Å². The van der Waals surface area contributed by atoms with Gasteiger partial charge in [0.15, 0.2) is 0 Å². The third kappa shape index (κ3) is 4.55. The average Bonchev–Trinajstić information content (AvgIpc) is 2.23. The monoisotopic (exact) mass is 316 g/mol. The van der Waals surface area contributed by atoms with Gasteiger partial charge in [-0.3, -0.25) is 0 Å². The van der Waals surface area contributed by atoms with E-state index < -0.39 is 0 Å². The van der Waals surface area contributed by atoms with Crippen LogP contribution in [0.2, 0.25) is 0 Å². The van der Waals surface area contributed by atoms with Crippen LogP contribution < -0.4 is 4.74 Å². The Balaban J connectivity index is 2.70. The Hall–Kier alpha value is -0.150. The maximum absolute atomic E-state index is 5.91. The molecular formula is C14H21BrOS. The van der Waals surface area contributed by atoms with Gasteiger partial charge < -0.3 is 4.74 Å². The summed E-state index contributed by atoms with van der Waals surface area (Å²) in [5.74, 6) is 2.08. The fraction of sp³-hybridized carbons (Fsp3) is 0.571. The Labute approximate surface area is 117 Å². The number of halogens is 1. The van der Waals surface area contributed by atoms with Crippen LogP contribution in [0, 0.1) is 19.3 Å². The SMILES string of the molecule is CSCC(C)(C)COc1cc(C)c(Br)c(C)c1. The van der Waals surface area contributed by atoms with E-state index in [9.17, 15) is 0 Å². The molecule has 0 spiro atoms. The van der Waals surface area contributed by atoms with Gasteiger partial charge in [-0.25, -0.2) is 0 Å². The molecule has 0 aliphatic heterocycles. The molecule has 0 aliphatic rings. The van der Waals surface area contributed by atoms with Crippen molar-refractivity contribution in [1.29, 1.82) is 0 Å². The van der Waals surface area contributed by atoms with Gasteiger partial charge in [-0.15, -0.1) is 0 Å². The highest BCUT2D eigenvalue weighted by Crippen LogP contribution is 2.28. The lowest BCUT2D eigenvalue weighted by atomic mass is 9.98. The molecule has 0 unspecified atom stereocenters. The summed E-state index contributed by atoms with van der Waals surface area (Å²) >= 11 is 5.43. The molecule has 0 N–H and O–H groups in total. The highest BCUT2D eigenvalue weighted by Gasteiger charge is 2.18. The van der Waals surface area contributed by atoms with Crippen molar-refractivity contribution >= 4 is 27.7 Å². The zero-order valence-corrected chi connectivity index (χ0v) is 13.7. The Bertz CT molecular complexity index is 365. The van der Waals surface area contributed by atoms with E-state index in [1.807, 2.05) is 11.8 Å². The Morgan fingerprint density at radius 3 is 2.24 bits per heavy atom. The van der Waals surface area contributed by atoms with Crippen LogP contribution in [0.4, 0.5) is 0 Å². The average molecular weight is 317 g/mol. The summed E-state index contributed by atoms with van der Waals surface area (Å²) in [5, 5.41) is 0. The maximum atomic E-state index is 5.91. The molecule has 0 amide bonds. The molecule has 1 rings (SSSR count). The first-order chi connectivity index (χ1) is 7.85. The number of aryl methyl sites for hydroxylation is 2. The van der Waals surface area contributed by atoms with Gasteiger partial charge in [0.05, 0.1) is 6.61 Å². The van der Waals surface area contributed by atoms with Crippen LogP contribution in [0.25, 0.3) is 0 Å². The molecule has 0 atom stereocenters. The van der Waals surface area contributed by atoms with E-state index in [1.165, 1.54) is 15.6 Å². The van der Waals surface area contributed by atoms with Gasteiger partial charge in [-0.05, 0) is 43.4 Å². The van der Waals surface area contributed by atoms with Crippen molar-refractivity contribution in [1.82, 2.24) is 0 Å². The van der Waals surface area contributed by atoms with Gasteiger partial charge in [0, 0.05) is 15.6 Å². The molecule has 0 saturated heterocycles. The largest absolute Gasteiger partial charge is 0.493 e. The molecule has 96 valence electrons. The number of hydrogen-bond donors (Lipinski definition) is 0. The molecule has 1 aromatic rings. The summed E-state index contributed by atoms with van der Waals surface area (Å²) < 4.78 is 7.08. The van der Waals surface area contributed by atoms with Crippen LogP contribution >= 0.6 is 27.7 Å². The first-order valence-corrected chi connectivity index (χ1v) is 7.93. The molecule has 0 bridgehead atoms. The molecule has 0 fully saturated rings. The number of ether oxygens (including phenoxy) is 1. The van der Waals surface area contributed by atoms with Crippen molar-refractivity contribution in [2.24, 2.45) is 5.41 Å². The van der Waals surface area contributed by atoms with Crippen LogP contribution in [0.5, 0.6) is 5.75 Å². The lowest BCUT2D eigenvalue weighted by Crippen LogP contribution is -2.24. The lowest BCUT2D eigenvalue weighted by molar-refractivity contribution is 0.202. The number of thioether (sulfide) groups is 1. The second-order valence-corrected chi connectivity index (χ2v) is 6.92. The van der Waals surface area contributed by atoms with E-state index in [4.69, 9.17) is 4.74 Å². The minimum atomic E-state index is 0.217. The summed E-state index contributed by atoms with van der Waals surface area (Å²) in [6.07, 6.45) is 2.13. The molecular weight excluding hydrogens is 296 g/mol. The Kier molecular flexibility index (Phi) is 5.39. The highest BCUT2D eigenvalue weighted by molar-refractivity contribution is 9.10. The Morgan fingerprint density at radius 2 is 1.76 bits per heavy atom. The molecule has 0 saturated carbocycles. The topological polar surface area (TPSA) is 9.23 Å². The smallest absolute Gasteiger partial charge is 0.119 e. The number of hydrogen-bond acceptors (Lipinski definition) is 2. The minimum absolute atomic E-state index is 0.217. The van der Waals surface area contributed by atoms with E-state index in [-0.39, 0.29) is 5.41 Å². The molecule has 0 heterocycles. The van der Waals surface area contributed by atoms with Crippen molar-refractivity contribution in [2.75, 3.05) is 18.6 Å². The fourth-order valence-electron chi connectivity index (χ4n) is 1.70. The number of benzene rings is 1. The van der Waals surface area contributed by atoms with E-state index in [0.29, 0.717) is 0 Å². The number of rotatable bonds is 5. The molecule has 17 heavy (non-hydrogen) atoms. The van der Waals surface area contributed by atoms with Gasteiger partial charge in [0.2, 0.25) is 0 Å². The van der Waals surface area contributed by atoms with Crippen LogP contribution in [-0.2, 0) is 0 Å². The second kappa shape index (κ2) is 6.14. The van der Waals surface area contributed by atoms with Crippen LogP contribution in [0.3, 0.4) is 0 Å². The van der Waals surface area contributed by atoms with E-state index in [2.05, 4.69) is 62.0 Å². The van der Waals surface area contributed by atoms with E-state index in [1.54, 1.807) is 0 Å². The normalized spacial score (nSPS) is 11.6. The van der Waals surface area contributed by atoms with Gasteiger partial charge in [-0.2, -0.15) is 11.8 Å². The van der Waals surface area contributed by atoms with Crippen molar-refractivity contribution in [2.45, 2.75) is 27.7 Å². The minimum Gasteiger partial charge on any atom is -0.493 e. The predicted octanol–water partition coefficient (Wildman–Crippen LogP) is 4.83. The molecule has 0 aliphatic carbocycles. The highest BCUT2D eigenvalue weighted by atomic mass is 79.9. The molecule has 0 aromatic heterocycles. The predicted molar refractivity (Wildman–Crippen MR) is 81.3 cm³/mol. The van der Waals surface area contributed by atoms with Crippen molar-refractivity contribution in [3.8, 4) is 5.75 Å². The van der Waals surface area contributed by atoms with Crippen LogP contribution in [0.15, 0.2) is 16.6 Å². The van der Waals surface area contributed by atoms with Crippen molar-refractivity contribution < 1.29 is 4.74 Å². The van der Waals surface area contributed by atoms with E-state index in [0.717, 1.165) is 18.1 Å². The quantitative estimate of drug-likeness (QED) is 0.769. The lowest BCUT2D eigenvalue weighted by Gasteiger charge is -2.24. The third-order valence-electron chi connectivity index (χ3n) is 2.57. The summed E-state index contributed by atoms with van der Waals surface area (Å²) in [5.41, 5.74) is 2.67. The first-order valence-electron chi connectivity index (χ1n) is 5.74. The Morgan fingerprint density at radius 1 is 1.24 bits per heavy atom. The summed E-state index contributed by atoms with van der Waals surface area (Å²) in [6, 6.07) is 4.18. The summed E-state index contributed by atoms with van der Waals surface area (Å²) in [7, 11) is 0. The maximum Gasteiger partial charge on any atom is 0.119 e. The van der Waals surface area contributed by atoms with Crippen molar-refractivity contribution in [3.63, 3.8) is 0 Å². The van der Waals surface area contributed by atoms with Gasteiger partial charge >= 0.3 is 0 Å². The molecule has 1 aromatic carbocycles. The summed E-state index contributed by atoms with van der Waals surface area (Å²) in [4.78, 5) is 0. The summed E-state index contributed by atoms with van der Waals surface area (Å²) in [6.45, 7) is 9.42. The second-order valence-electron chi connectivity index (χ2n) is 5.26. The zero-order chi connectivity index (χ0) is 13.1. The standard InChI is InChI=1S/C14H21BrOS/c1-10-6-12(7-11(2)13(10)15)16-8-14(3,4)9-17-5/h6-7H,8-9H2,1-5H3. The first kappa shape index (κ1) is 14.9. The molecule has 1 nitrogen and oxygen atoms in total.